The summed E-state index contributed by atoms with van der Waals surface area (Å²) in [6.07, 6.45) is 0. The van der Waals surface area contributed by atoms with Crippen molar-refractivity contribution in [3.05, 3.63) is 60.7 Å². The Kier molecular flexibility index (Phi) is 6.10. The molecule has 0 radical (unpaired) electrons. The Balaban J connectivity index is 0.000000195. The molecule has 0 unspecified atom stereocenters. The Morgan fingerprint density at radius 2 is 1.58 bits per heavy atom. The third kappa shape index (κ3) is 5.13. The predicted octanol–water partition coefficient (Wildman–Crippen LogP) is 1.46. The predicted molar refractivity (Wildman–Crippen MR) is 98.5 cm³/mol. The summed E-state index contributed by atoms with van der Waals surface area (Å²) in [4.78, 5) is 10.7. The molecular weight excluding hydrogens is 401 g/mol. The zero-order valence-corrected chi connectivity index (χ0v) is 15.7. The van der Waals surface area contributed by atoms with Crippen LogP contribution in [0.2, 0.25) is 0 Å². The molecule has 3 aromatic rings. The van der Waals surface area contributed by atoms with Gasteiger partial charge in [-0.3, -0.25) is 0 Å². The number of benzene rings is 3. The molecule has 136 valence electrons. The third-order valence-corrected chi connectivity index (χ3v) is 5.49. The zero-order valence-electron chi connectivity index (χ0n) is 13.8. The summed E-state index contributed by atoms with van der Waals surface area (Å²) in [7, 11) is 0. The van der Waals surface area contributed by atoms with Gasteiger partial charge in [-0.15, -0.1) is 0 Å². The first-order valence-electron chi connectivity index (χ1n) is 7.52. The maximum Gasteiger partial charge on any atom is 0.123 e. The normalized spacial score (nSPS) is 10.7. The maximum atomic E-state index is 10.9. The number of phenols is 2. The first-order valence-corrected chi connectivity index (χ1v) is 10.9. The minimum Gasteiger partial charge on any atom is -0.507 e. The van der Waals surface area contributed by atoms with E-state index in [4.69, 9.17) is 8.19 Å². The van der Waals surface area contributed by atoms with Gasteiger partial charge in [0.2, 0.25) is 0 Å². The number of rotatable bonds is 2. The summed E-state index contributed by atoms with van der Waals surface area (Å²) < 4.78 is 28.2. The van der Waals surface area contributed by atoms with Crippen molar-refractivity contribution in [2.24, 2.45) is 0 Å². The summed E-state index contributed by atoms with van der Waals surface area (Å²) in [5.74, 6) is -0.500. The third-order valence-electron chi connectivity index (χ3n) is 3.38. The number of hydrogen-bond donors (Lipinski definition) is 5. The number of fused-ring (bicyclic) bond motifs is 1. The number of nitrogens with one attached hydrogen (secondary N) is 1. The second kappa shape index (κ2) is 8.10. The molecule has 8 heteroatoms. The van der Waals surface area contributed by atoms with Crippen LogP contribution in [-0.4, -0.2) is 38.5 Å². The molecule has 0 aliphatic rings. The van der Waals surface area contributed by atoms with Gasteiger partial charge in [0, 0.05) is 5.39 Å². The van der Waals surface area contributed by atoms with Crippen molar-refractivity contribution in [1.29, 1.82) is 0 Å². The van der Waals surface area contributed by atoms with Crippen molar-refractivity contribution in [2.75, 3.05) is 5.32 Å². The van der Waals surface area contributed by atoms with Crippen LogP contribution in [0.4, 0.5) is 5.69 Å². The molecule has 0 spiro atoms. The molecule has 0 aromatic heterocycles. The molecule has 26 heavy (non-hydrogen) atoms. The fourth-order valence-electron chi connectivity index (χ4n) is 2.26. The molecule has 0 saturated carbocycles. The summed E-state index contributed by atoms with van der Waals surface area (Å²) in [6.45, 7) is 1.29. The minimum absolute atomic E-state index is 0.285. The van der Waals surface area contributed by atoms with Crippen LogP contribution in [0.15, 0.2) is 60.7 Å². The smallest absolute Gasteiger partial charge is 0.123 e. The van der Waals surface area contributed by atoms with Crippen LogP contribution in [0.3, 0.4) is 0 Å². The Bertz CT molecular complexity index is 977. The molecule has 0 fully saturated rings. The maximum absolute atomic E-state index is 10.9. The van der Waals surface area contributed by atoms with Gasteiger partial charge in [0.25, 0.3) is 0 Å². The summed E-state index contributed by atoms with van der Waals surface area (Å²) >= 11 is -5.09. The summed E-state index contributed by atoms with van der Waals surface area (Å²) in [6, 6.07) is 16.8. The van der Waals surface area contributed by atoms with E-state index in [1.165, 1.54) is 13.0 Å². The van der Waals surface area contributed by atoms with Crippen LogP contribution in [0.1, 0.15) is 6.92 Å². The Hall–Kier alpha value is -2.73. The van der Waals surface area contributed by atoms with Crippen molar-refractivity contribution in [1.82, 2.24) is 0 Å². The van der Waals surface area contributed by atoms with Crippen LogP contribution >= 0.6 is 0 Å². The Morgan fingerprint density at radius 3 is 2.15 bits per heavy atom. The number of amides is 1. The first-order chi connectivity index (χ1) is 12.2. The second-order valence-electron chi connectivity index (χ2n) is 5.43. The van der Waals surface area contributed by atoms with Gasteiger partial charge in [0.05, 0.1) is 0 Å². The number of carbonyl (C=O) groups excluding carboxylic acids is 1. The number of phenolic OH excluding ortho intramolecular Hbond substituents is 2. The SMILES string of the molecule is CC(=O)Nc1ccc([As](=O)(O)O)c(O)c1.Oc1cccc2ccccc12. The van der Waals surface area contributed by atoms with Crippen molar-refractivity contribution in [3.63, 3.8) is 0 Å². The monoisotopic (exact) mass is 419 g/mol. The van der Waals surface area contributed by atoms with Gasteiger partial charge in [0.15, 0.2) is 0 Å². The molecule has 1 amide bonds. The van der Waals surface area contributed by atoms with E-state index >= 15 is 0 Å². The first kappa shape index (κ1) is 19.6. The van der Waals surface area contributed by atoms with Crippen LogP contribution < -0.4 is 9.67 Å². The van der Waals surface area contributed by atoms with Gasteiger partial charge in [-0.2, -0.15) is 0 Å². The largest absolute Gasteiger partial charge is 0.507 e. The molecule has 0 aliphatic heterocycles. The Morgan fingerprint density at radius 1 is 0.923 bits per heavy atom. The molecule has 0 aliphatic carbocycles. The minimum atomic E-state index is -5.09. The van der Waals surface area contributed by atoms with E-state index in [-0.39, 0.29) is 11.6 Å². The van der Waals surface area contributed by atoms with E-state index in [1.807, 2.05) is 36.4 Å². The van der Waals surface area contributed by atoms with E-state index in [1.54, 1.807) is 6.07 Å². The number of carbonyl (C=O) groups is 1. The van der Waals surface area contributed by atoms with E-state index in [9.17, 15) is 18.7 Å². The van der Waals surface area contributed by atoms with E-state index < -0.39 is 24.3 Å². The van der Waals surface area contributed by atoms with Crippen molar-refractivity contribution >= 4 is 40.9 Å². The number of aromatic hydroxyl groups is 2. The molecular formula is C18H18AsNO6. The summed E-state index contributed by atoms with van der Waals surface area (Å²) in [5, 5.41) is 23.1. The van der Waals surface area contributed by atoms with Gasteiger partial charge >= 0.3 is 88.1 Å². The fraction of sp³-hybridized carbons (Fsp3) is 0.0556. The second-order valence-corrected chi connectivity index (χ2v) is 8.72. The molecule has 0 atom stereocenters. The van der Waals surface area contributed by atoms with Crippen molar-refractivity contribution < 1.29 is 26.9 Å². The average molecular weight is 419 g/mol. The quantitative estimate of drug-likeness (QED) is 0.401. The van der Waals surface area contributed by atoms with Crippen LogP contribution in [0, 0.1) is 0 Å². The topological polar surface area (TPSA) is 127 Å². The Labute approximate surface area is 152 Å². The van der Waals surface area contributed by atoms with E-state index in [0.29, 0.717) is 5.75 Å². The van der Waals surface area contributed by atoms with Crippen molar-refractivity contribution in [2.45, 2.75) is 6.92 Å². The van der Waals surface area contributed by atoms with Gasteiger partial charge in [0.1, 0.15) is 5.75 Å². The standard InChI is InChI=1S/C10H8O.C8H10AsNO5/c11-10-7-3-5-8-4-1-2-6-9(8)10;1-5(11)10-6-2-3-7(8(12)4-6)9(13,14)15/h1-7,11H;2-4,12H,1H3,(H,10,11)(H2,13,14,15). The molecule has 7 nitrogen and oxygen atoms in total. The van der Waals surface area contributed by atoms with E-state index in [0.717, 1.165) is 22.9 Å². The van der Waals surface area contributed by atoms with Crippen LogP contribution in [0.25, 0.3) is 10.8 Å². The fourth-order valence-corrected chi connectivity index (χ4v) is 3.58. The van der Waals surface area contributed by atoms with Gasteiger partial charge < -0.3 is 5.11 Å². The van der Waals surface area contributed by atoms with Crippen LogP contribution in [0.5, 0.6) is 11.5 Å². The van der Waals surface area contributed by atoms with Gasteiger partial charge in [-0.25, -0.2) is 0 Å². The molecule has 3 aromatic carbocycles. The average Bonchev–Trinajstić information content (AvgIpc) is 2.54. The van der Waals surface area contributed by atoms with E-state index in [2.05, 4.69) is 5.32 Å². The van der Waals surface area contributed by atoms with Gasteiger partial charge in [-0.05, 0) is 11.5 Å². The molecule has 0 saturated heterocycles. The van der Waals surface area contributed by atoms with Crippen LogP contribution in [-0.2, 0) is 8.53 Å². The number of anilines is 1. The number of hydrogen-bond acceptors (Lipinski definition) is 4. The molecule has 0 bridgehead atoms. The molecule has 5 N–H and O–H groups in total. The molecule has 3 rings (SSSR count). The summed E-state index contributed by atoms with van der Waals surface area (Å²) in [5.41, 5.74) is 0.285. The molecule has 0 heterocycles. The van der Waals surface area contributed by atoms with Crippen molar-refractivity contribution in [3.8, 4) is 11.5 Å². The zero-order chi connectivity index (χ0) is 19.3. The van der Waals surface area contributed by atoms with Gasteiger partial charge in [-0.1, -0.05) is 36.4 Å².